The van der Waals surface area contributed by atoms with E-state index < -0.39 is 0 Å². The van der Waals surface area contributed by atoms with Crippen molar-refractivity contribution in [3.8, 4) is 6.07 Å². The lowest BCUT2D eigenvalue weighted by molar-refractivity contribution is -0.118. The summed E-state index contributed by atoms with van der Waals surface area (Å²) in [6.45, 7) is 1.93. The highest BCUT2D eigenvalue weighted by molar-refractivity contribution is 5.93. The molecule has 2 heterocycles. The van der Waals surface area contributed by atoms with Gasteiger partial charge in [-0.3, -0.25) is 9.78 Å². The predicted octanol–water partition coefficient (Wildman–Crippen LogP) is 5.36. The highest BCUT2D eigenvalue weighted by Gasteiger charge is 2.40. The second kappa shape index (κ2) is 8.16. The van der Waals surface area contributed by atoms with Gasteiger partial charge in [0.15, 0.2) is 0 Å². The molecule has 2 aliphatic rings. The van der Waals surface area contributed by atoms with Gasteiger partial charge >= 0.3 is 0 Å². The molecule has 1 aromatic carbocycles. The molecule has 1 saturated carbocycles. The molecule has 0 bridgehead atoms. The SMILES string of the molecule is CC(C(=O)Nc1ccc(C#N)cn1)C1=C[C@H]2CC(c3ccnc4ccc(F)cc34)C[C@H]2C1. The third kappa shape index (κ3) is 3.75. The van der Waals surface area contributed by atoms with Gasteiger partial charge in [0.1, 0.15) is 17.7 Å². The fourth-order valence-electron chi connectivity index (χ4n) is 5.25. The van der Waals surface area contributed by atoms with E-state index in [0.29, 0.717) is 29.1 Å². The molecule has 2 unspecified atom stereocenters. The maximum atomic E-state index is 13.9. The van der Waals surface area contributed by atoms with E-state index in [1.165, 1.54) is 23.4 Å². The van der Waals surface area contributed by atoms with Crippen molar-refractivity contribution in [1.82, 2.24) is 9.97 Å². The summed E-state index contributed by atoms with van der Waals surface area (Å²) in [5, 5.41) is 12.6. The van der Waals surface area contributed by atoms with Gasteiger partial charge in [-0.25, -0.2) is 9.37 Å². The molecule has 0 saturated heterocycles. The molecule has 1 amide bonds. The largest absolute Gasteiger partial charge is 0.310 e. The summed E-state index contributed by atoms with van der Waals surface area (Å²) in [7, 11) is 0. The van der Waals surface area contributed by atoms with Gasteiger partial charge in [0.05, 0.1) is 17.0 Å². The number of hydrogen-bond donors (Lipinski definition) is 1. The number of anilines is 1. The minimum absolute atomic E-state index is 0.0828. The molecule has 2 aliphatic carbocycles. The lowest BCUT2D eigenvalue weighted by Gasteiger charge is -2.17. The van der Waals surface area contributed by atoms with Crippen LogP contribution in [0.15, 0.2) is 60.4 Å². The smallest absolute Gasteiger partial charge is 0.232 e. The summed E-state index contributed by atoms with van der Waals surface area (Å²) >= 11 is 0. The van der Waals surface area contributed by atoms with Crippen molar-refractivity contribution >= 4 is 22.6 Å². The van der Waals surface area contributed by atoms with Gasteiger partial charge in [0.25, 0.3) is 0 Å². The van der Waals surface area contributed by atoms with Gasteiger partial charge in [-0.2, -0.15) is 5.26 Å². The van der Waals surface area contributed by atoms with Crippen LogP contribution in [0.2, 0.25) is 0 Å². The molecular weight excluding hydrogens is 403 g/mol. The number of amides is 1. The number of nitrogens with zero attached hydrogens (tertiary/aromatic N) is 3. The molecule has 3 aromatic rings. The van der Waals surface area contributed by atoms with E-state index in [1.807, 2.05) is 25.3 Å². The van der Waals surface area contributed by atoms with Crippen molar-refractivity contribution < 1.29 is 9.18 Å². The summed E-state index contributed by atoms with van der Waals surface area (Å²) in [6.07, 6.45) is 8.50. The van der Waals surface area contributed by atoms with Crippen molar-refractivity contribution in [3.05, 3.63) is 77.4 Å². The Balaban J connectivity index is 1.28. The normalized spacial score (nSPS) is 22.8. The second-order valence-corrected chi connectivity index (χ2v) is 8.85. The Bertz CT molecular complexity index is 1260. The number of pyridine rings is 2. The average molecular weight is 426 g/mol. The number of halogens is 1. The maximum Gasteiger partial charge on any atom is 0.232 e. The summed E-state index contributed by atoms with van der Waals surface area (Å²) in [4.78, 5) is 21.2. The number of nitrogens with one attached hydrogen (secondary N) is 1. The number of allylic oxidation sites excluding steroid dienone is 1. The molecule has 1 N–H and O–H groups in total. The van der Waals surface area contributed by atoms with Crippen molar-refractivity contribution in [1.29, 1.82) is 5.26 Å². The van der Waals surface area contributed by atoms with E-state index in [0.717, 1.165) is 30.2 Å². The van der Waals surface area contributed by atoms with Crippen LogP contribution in [-0.2, 0) is 4.79 Å². The molecule has 5 nitrogen and oxygen atoms in total. The molecule has 32 heavy (non-hydrogen) atoms. The number of fused-ring (bicyclic) bond motifs is 2. The Morgan fingerprint density at radius 2 is 2.09 bits per heavy atom. The molecule has 6 heteroatoms. The fourth-order valence-corrected chi connectivity index (χ4v) is 5.25. The Labute approximate surface area is 186 Å². The molecule has 0 aliphatic heterocycles. The summed E-state index contributed by atoms with van der Waals surface area (Å²) < 4.78 is 13.9. The van der Waals surface area contributed by atoms with Crippen LogP contribution in [0, 0.1) is 34.9 Å². The van der Waals surface area contributed by atoms with Crippen molar-refractivity contribution in [2.24, 2.45) is 17.8 Å². The molecular formula is C26H23FN4O. The minimum atomic E-state index is -0.233. The van der Waals surface area contributed by atoms with Crippen LogP contribution in [0.4, 0.5) is 10.2 Å². The van der Waals surface area contributed by atoms with Gasteiger partial charge in [-0.1, -0.05) is 11.6 Å². The topological polar surface area (TPSA) is 78.7 Å². The predicted molar refractivity (Wildman–Crippen MR) is 120 cm³/mol. The summed E-state index contributed by atoms with van der Waals surface area (Å²) in [5.41, 5.74) is 3.65. The first-order valence-corrected chi connectivity index (χ1v) is 10.9. The van der Waals surface area contributed by atoms with Gasteiger partial charge in [-0.15, -0.1) is 0 Å². The van der Waals surface area contributed by atoms with Crippen LogP contribution >= 0.6 is 0 Å². The molecule has 0 radical (unpaired) electrons. The van der Waals surface area contributed by atoms with E-state index in [9.17, 15) is 9.18 Å². The average Bonchev–Trinajstić information content (AvgIpc) is 3.38. The third-order valence-corrected chi connectivity index (χ3v) is 6.95. The van der Waals surface area contributed by atoms with Gasteiger partial charge in [-0.05, 0) is 85.9 Å². The summed E-state index contributed by atoms with van der Waals surface area (Å²) in [5.74, 6) is 1.24. The molecule has 160 valence electrons. The zero-order valence-corrected chi connectivity index (χ0v) is 17.8. The number of aromatic nitrogens is 2. The highest BCUT2D eigenvalue weighted by atomic mass is 19.1. The highest BCUT2D eigenvalue weighted by Crippen LogP contribution is 2.51. The van der Waals surface area contributed by atoms with E-state index in [4.69, 9.17) is 5.26 Å². The molecule has 5 rings (SSSR count). The molecule has 0 spiro atoms. The zero-order chi connectivity index (χ0) is 22.2. The number of benzene rings is 1. The molecule has 4 atom stereocenters. The van der Waals surface area contributed by atoms with E-state index in [-0.39, 0.29) is 17.6 Å². The number of hydrogen-bond acceptors (Lipinski definition) is 4. The van der Waals surface area contributed by atoms with Gasteiger partial charge in [0, 0.05) is 17.8 Å². The number of rotatable bonds is 4. The maximum absolute atomic E-state index is 13.9. The van der Waals surface area contributed by atoms with E-state index >= 15 is 0 Å². The first-order chi connectivity index (χ1) is 15.5. The lowest BCUT2D eigenvalue weighted by Crippen LogP contribution is -2.22. The number of carbonyl (C=O) groups excluding carboxylic acids is 1. The Hall–Kier alpha value is -3.59. The van der Waals surface area contributed by atoms with Crippen molar-refractivity contribution in [2.45, 2.75) is 32.1 Å². The third-order valence-electron chi connectivity index (χ3n) is 6.95. The van der Waals surface area contributed by atoms with Crippen LogP contribution in [-0.4, -0.2) is 15.9 Å². The minimum Gasteiger partial charge on any atom is -0.310 e. The summed E-state index contributed by atoms with van der Waals surface area (Å²) in [6, 6.07) is 12.1. The van der Waals surface area contributed by atoms with Crippen molar-refractivity contribution in [2.75, 3.05) is 5.32 Å². The number of carbonyl (C=O) groups is 1. The molecule has 1 fully saturated rings. The van der Waals surface area contributed by atoms with Crippen LogP contribution in [0.25, 0.3) is 10.9 Å². The standard InChI is InChI=1S/C26H23FN4O/c1-15(26(32)31-25-5-2-16(13-28)14-30-25)17-8-18-10-20(11-19(18)9-17)22-6-7-29-24-4-3-21(27)12-23(22)24/h2-8,12,14-15,18-20H,9-11H2,1H3,(H,30,31,32)/t15?,18-,19+,20?/m0/s1. The lowest BCUT2D eigenvalue weighted by atomic mass is 9.90. The Morgan fingerprint density at radius 1 is 1.22 bits per heavy atom. The fraction of sp³-hybridized carbons (Fsp3) is 0.308. The Morgan fingerprint density at radius 3 is 2.84 bits per heavy atom. The first-order valence-electron chi connectivity index (χ1n) is 10.9. The molecule has 2 aromatic heterocycles. The Kier molecular flexibility index (Phi) is 5.18. The second-order valence-electron chi connectivity index (χ2n) is 8.85. The number of nitriles is 1. The van der Waals surface area contributed by atoms with E-state index in [1.54, 1.807) is 24.3 Å². The van der Waals surface area contributed by atoms with Gasteiger partial charge in [0.2, 0.25) is 5.91 Å². The zero-order valence-electron chi connectivity index (χ0n) is 17.8. The monoisotopic (exact) mass is 426 g/mol. The van der Waals surface area contributed by atoms with E-state index in [2.05, 4.69) is 21.4 Å². The van der Waals surface area contributed by atoms with Crippen LogP contribution in [0.3, 0.4) is 0 Å². The van der Waals surface area contributed by atoms with Crippen molar-refractivity contribution in [3.63, 3.8) is 0 Å². The van der Waals surface area contributed by atoms with Crippen LogP contribution in [0.1, 0.15) is 43.2 Å². The van der Waals surface area contributed by atoms with Crippen LogP contribution < -0.4 is 5.32 Å². The first kappa shape index (κ1) is 20.3. The quantitative estimate of drug-likeness (QED) is 0.570. The van der Waals surface area contributed by atoms with Gasteiger partial charge < -0.3 is 5.32 Å². The van der Waals surface area contributed by atoms with Crippen LogP contribution in [0.5, 0.6) is 0 Å².